The lowest BCUT2D eigenvalue weighted by molar-refractivity contribution is -0.135. The molecule has 6 heteroatoms. The topological polar surface area (TPSA) is 76.0 Å². The van der Waals surface area contributed by atoms with E-state index < -0.39 is 11.7 Å². The second-order valence-electron chi connectivity index (χ2n) is 3.33. The van der Waals surface area contributed by atoms with Gasteiger partial charge in [-0.2, -0.15) is 0 Å². The summed E-state index contributed by atoms with van der Waals surface area (Å²) < 4.78 is 10.3. The van der Waals surface area contributed by atoms with E-state index in [0.717, 1.165) is 11.6 Å². The van der Waals surface area contributed by atoms with Crippen molar-refractivity contribution in [2.75, 3.05) is 6.79 Å². The summed E-state index contributed by atoms with van der Waals surface area (Å²) in [5.41, 5.74) is 0.823. The molecule has 0 amide bonds. The molecule has 0 aromatic heterocycles. The standard InChI is InChI=1S/C12H10O5.ClH/c13-9(12(14)15)3-1-2-8-4-5-10-11(6-8)17-7-16-10;/h1-6,13H,7H2,(H,14,15);1H/b2-1+,9-3-;. The molecule has 2 N–H and O–H groups in total. The molecule has 1 heterocycles. The van der Waals surface area contributed by atoms with E-state index in [1.165, 1.54) is 6.08 Å². The number of hydrogen-bond acceptors (Lipinski definition) is 4. The SMILES string of the molecule is Cl.O=C(O)/C(O)=C/C=C/c1ccc2c(c1)OCO2. The molecule has 0 bridgehead atoms. The van der Waals surface area contributed by atoms with Gasteiger partial charge in [-0.1, -0.05) is 18.2 Å². The predicted octanol–water partition coefficient (Wildman–Crippen LogP) is 2.38. The number of hydrogen-bond donors (Lipinski definition) is 2. The molecule has 0 saturated heterocycles. The van der Waals surface area contributed by atoms with E-state index in [1.54, 1.807) is 24.3 Å². The molecule has 0 radical (unpaired) electrons. The van der Waals surface area contributed by atoms with E-state index >= 15 is 0 Å². The zero-order chi connectivity index (χ0) is 12.3. The van der Waals surface area contributed by atoms with Crippen LogP contribution in [-0.2, 0) is 4.79 Å². The number of carbonyl (C=O) groups is 1. The Labute approximate surface area is 109 Å². The van der Waals surface area contributed by atoms with Crippen molar-refractivity contribution < 1.29 is 24.5 Å². The fourth-order valence-electron chi connectivity index (χ4n) is 1.34. The summed E-state index contributed by atoms with van der Waals surface area (Å²) in [6, 6.07) is 5.34. The molecule has 2 rings (SSSR count). The maximum absolute atomic E-state index is 10.3. The molecule has 96 valence electrons. The summed E-state index contributed by atoms with van der Waals surface area (Å²) in [6.45, 7) is 0.211. The Morgan fingerprint density at radius 2 is 1.94 bits per heavy atom. The van der Waals surface area contributed by atoms with Gasteiger partial charge in [-0.25, -0.2) is 4.79 Å². The summed E-state index contributed by atoms with van der Waals surface area (Å²) in [5, 5.41) is 17.3. The highest BCUT2D eigenvalue weighted by Crippen LogP contribution is 2.32. The van der Waals surface area contributed by atoms with Crippen molar-refractivity contribution in [3.05, 3.63) is 41.7 Å². The van der Waals surface area contributed by atoms with Crippen LogP contribution in [0.5, 0.6) is 11.5 Å². The number of benzene rings is 1. The Balaban J connectivity index is 0.00000162. The number of fused-ring (bicyclic) bond motifs is 1. The van der Waals surface area contributed by atoms with Crippen molar-refractivity contribution in [2.24, 2.45) is 0 Å². The minimum Gasteiger partial charge on any atom is -0.502 e. The van der Waals surface area contributed by atoms with E-state index in [2.05, 4.69) is 0 Å². The number of aliphatic hydroxyl groups excluding tert-OH is 1. The van der Waals surface area contributed by atoms with Crippen LogP contribution >= 0.6 is 12.4 Å². The van der Waals surface area contributed by atoms with Gasteiger partial charge in [0.2, 0.25) is 12.6 Å². The summed E-state index contributed by atoms with van der Waals surface area (Å²) in [4.78, 5) is 10.3. The van der Waals surface area contributed by atoms with Gasteiger partial charge in [0.25, 0.3) is 0 Å². The zero-order valence-electron chi connectivity index (χ0n) is 9.20. The lowest BCUT2D eigenvalue weighted by atomic mass is 10.2. The highest BCUT2D eigenvalue weighted by Gasteiger charge is 2.11. The quantitative estimate of drug-likeness (QED) is 0.501. The Morgan fingerprint density at radius 1 is 1.22 bits per heavy atom. The fraction of sp³-hybridized carbons (Fsp3) is 0.0833. The Kier molecular flexibility index (Phi) is 4.62. The smallest absolute Gasteiger partial charge is 0.370 e. The monoisotopic (exact) mass is 270 g/mol. The average Bonchev–Trinajstić information content (AvgIpc) is 2.75. The number of allylic oxidation sites excluding steroid dienone is 2. The van der Waals surface area contributed by atoms with Crippen LogP contribution in [-0.4, -0.2) is 23.0 Å². The Hall–Kier alpha value is -2.14. The number of aliphatic hydroxyl groups is 1. The lowest BCUT2D eigenvalue weighted by Gasteiger charge is -1.96. The minimum atomic E-state index is -1.36. The van der Waals surface area contributed by atoms with Crippen molar-refractivity contribution in [1.82, 2.24) is 0 Å². The first-order chi connectivity index (χ1) is 8.16. The van der Waals surface area contributed by atoms with Gasteiger partial charge in [0.05, 0.1) is 0 Å². The number of halogens is 1. The molecule has 18 heavy (non-hydrogen) atoms. The highest BCUT2D eigenvalue weighted by molar-refractivity contribution is 5.85. The van der Waals surface area contributed by atoms with Gasteiger partial charge >= 0.3 is 5.97 Å². The van der Waals surface area contributed by atoms with E-state index in [0.29, 0.717) is 11.5 Å². The third-order valence-electron chi connectivity index (χ3n) is 2.16. The molecular formula is C12H11ClO5. The van der Waals surface area contributed by atoms with Gasteiger partial charge in [0.15, 0.2) is 11.5 Å². The molecule has 0 spiro atoms. The van der Waals surface area contributed by atoms with Crippen molar-refractivity contribution in [2.45, 2.75) is 0 Å². The summed E-state index contributed by atoms with van der Waals surface area (Å²) in [5.74, 6) is -0.730. The fourth-order valence-corrected chi connectivity index (χ4v) is 1.34. The first kappa shape index (κ1) is 13.9. The van der Waals surface area contributed by atoms with Gasteiger partial charge in [0.1, 0.15) is 0 Å². The van der Waals surface area contributed by atoms with Crippen LogP contribution in [0.3, 0.4) is 0 Å². The minimum absolute atomic E-state index is 0. The third-order valence-corrected chi connectivity index (χ3v) is 2.16. The van der Waals surface area contributed by atoms with Crippen LogP contribution in [0.15, 0.2) is 36.1 Å². The summed E-state index contributed by atoms with van der Waals surface area (Å²) in [7, 11) is 0. The second kappa shape index (κ2) is 5.97. The molecule has 5 nitrogen and oxygen atoms in total. The molecule has 1 aromatic rings. The van der Waals surface area contributed by atoms with E-state index in [1.807, 2.05) is 0 Å². The lowest BCUT2D eigenvalue weighted by Crippen LogP contribution is -1.97. The first-order valence-corrected chi connectivity index (χ1v) is 4.87. The molecule has 0 aliphatic carbocycles. The normalized spacial score (nSPS) is 13.4. The van der Waals surface area contributed by atoms with E-state index in [4.69, 9.17) is 19.7 Å². The maximum Gasteiger partial charge on any atom is 0.370 e. The maximum atomic E-state index is 10.3. The van der Waals surface area contributed by atoms with Gasteiger partial charge in [-0.3, -0.25) is 0 Å². The van der Waals surface area contributed by atoms with Crippen molar-refractivity contribution in [3.63, 3.8) is 0 Å². The zero-order valence-corrected chi connectivity index (χ0v) is 10.0. The molecular weight excluding hydrogens is 260 g/mol. The largest absolute Gasteiger partial charge is 0.502 e. The molecule has 0 saturated carbocycles. The van der Waals surface area contributed by atoms with E-state index in [-0.39, 0.29) is 19.2 Å². The molecule has 0 unspecified atom stereocenters. The molecule has 1 aliphatic rings. The summed E-state index contributed by atoms with van der Waals surface area (Å²) in [6.07, 6.45) is 4.20. The summed E-state index contributed by atoms with van der Waals surface area (Å²) >= 11 is 0. The van der Waals surface area contributed by atoms with Gasteiger partial charge in [-0.15, -0.1) is 12.4 Å². The molecule has 1 aliphatic heterocycles. The van der Waals surface area contributed by atoms with Crippen LogP contribution in [0.2, 0.25) is 0 Å². The first-order valence-electron chi connectivity index (χ1n) is 4.87. The highest BCUT2D eigenvalue weighted by atomic mass is 35.5. The van der Waals surface area contributed by atoms with Gasteiger partial charge < -0.3 is 19.7 Å². The van der Waals surface area contributed by atoms with Crippen LogP contribution in [0.1, 0.15) is 5.56 Å². The van der Waals surface area contributed by atoms with Crippen LogP contribution in [0, 0.1) is 0 Å². The van der Waals surface area contributed by atoms with Crippen molar-refractivity contribution in [1.29, 1.82) is 0 Å². The predicted molar refractivity (Wildman–Crippen MR) is 67.2 cm³/mol. The number of ether oxygens (including phenoxy) is 2. The molecule has 0 atom stereocenters. The van der Waals surface area contributed by atoms with Crippen LogP contribution in [0.4, 0.5) is 0 Å². The van der Waals surface area contributed by atoms with Crippen molar-refractivity contribution in [3.8, 4) is 11.5 Å². The number of rotatable bonds is 3. The molecule has 1 aromatic carbocycles. The Bertz CT molecular complexity index is 507. The average molecular weight is 271 g/mol. The number of aliphatic carboxylic acids is 1. The number of carboxylic acids is 1. The Morgan fingerprint density at radius 3 is 2.67 bits per heavy atom. The number of carboxylic acid groups (broad SMARTS) is 1. The van der Waals surface area contributed by atoms with Gasteiger partial charge in [0, 0.05) is 0 Å². The van der Waals surface area contributed by atoms with E-state index in [9.17, 15) is 4.79 Å². The van der Waals surface area contributed by atoms with Gasteiger partial charge in [-0.05, 0) is 23.8 Å². The van der Waals surface area contributed by atoms with Crippen LogP contribution in [0.25, 0.3) is 6.08 Å². The van der Waals surface area contributed by atoms with Crippen LogP contribution < -0.4 is 9.47 Å². The molecule has 0 fully saturated rings. The third kappa shape index (κ3) is 3.18. The second-order valence-corrected chi connectivity index (χ2v) is 3.33. The van der Waals surface area contributed by atoms with Crippen molar-refractivity contribution >= 4 is 24.5 Å².